The maximum absolute atomic E-state index is 7.58. The minimum Gasteiger partial charge on any atom is -0.468 e. The Morgan fingerprint density at radius 1 is 0.395 bits per heavy atom. The van der Waals surface area contributed by atoms with Crippen molar-refractivity contribution in [2.24, 2.45) is 0 Å². The molecule has 9 heteroatoms. The summed E-state index contributed by atoms with van der Waals surface area (Å²) in [7, 11) is 0. The highest BCUT2D eigenvalue weighted by molar-refractivity contribution is 7.22. The number of hydrogen-bond acceptors (Lipinski definition) is 8. The van der Waals surface area contributed by atoms with E-state index in [0.29, 0.717) is 0 Å². The molecule has 0 spiro atoms. The van der Waals surface area contributed by atoms with Crippen LogP contribution in [-0.2, 0) is 10.8 Å². The summed E-state index contributed by atoms with van der Waals surface area (Å²) >= 11 is 3.64. The average molecular weight is 1150 g/mol. The van der Waals surface area contributed by atoms with E-state index in [-0.39, 0.29) is 16.7 Å². The molecule has 15 aromatic rings. The van der Waals surface area contributed by atoms with Gasteiger partial charge in [-0.15, -0.1) is 22.7 Å². The topological polar surface area (TPSA) is 59.0 Å². The number of anilines is 6. The van der Waals surface area contributed by atoms with E-state index in [1.807, 2.05) is 34.8 Å². The van der Waals surface area contributed by atoms with Gasteiger partial charge in [-0.2, -0.15) is 0 Å². The van der Waals surface area contributed by atoms with Crippen molar-refractivity contribution < 1.29 is 17.7 Å². The van der Waals surface area contributed by atoms with E-state index in [0.717, 1.165) is 129 Å². The van der Waals surface area contributed by atoms with Crippen LogP contribution < -0.4 is 26.6 Å². The van der Waals surface area contributed by atoms with Gasteiger partial charge in [0, 0.05) is 74.6 Å². The van der Waals surface area contributed by atoms with Crippen LogP contribution in [0.4, 0.5) is 34.1 Å². The lowest BCUT2D eigenvalue weighted by atomic mass is 9.37. The maximum Gasteiger partial charge on any atom is 0.342 e. The molecule has 17 rings (SSSR count). The molecule has 0 bridgehead atoms. The van der Waals surface area contributed by atoms with Gasteiger partial charge in [0.15, 0.2) is 0 Å². The van der Waals surface area contributed by atoms with Crippen LogP contribution in [0.2, 0.25) is 0 Å². The first-order valence-corrected chi connectivity index (χ1v) is 31.4. The molecule has 0 atom stereocenters. The van der Waals surface area contributed by atoms with Gasteiger partial charge in [-0.1, -0.05) is 140 Å². The van der Waals surface area contributed by atoms with Crippen LogP contribution in [0.5, 0.6) is 0 Å². The lowest BCUT2D eigenvalue weighted by molar-refractivity contribution is 0.590. The number of benzene rings is 9. The zero-order chi connectivity index (χ0) is 58.1. The summed E-state index contributed by atoms with van der Waals surface area (Å²) in [6, 6.07) is 75.6. The zero-order valence-electron chi connectivity index (χ0n) is 49.1. The zero-order valence-corrected chi connectivity index (χ0v) is 50.8. The van der Waals surface area contributed by atoms with Gasteiger partial charge < -0.3 is 27.5 Å². The molecule has 6 nitrogen and oxygen atoms in total. The fraction of sp³-hybridized carbons (Fsp3) is 0.143. The molecule has 416 valence electrons. The SMILES string of the molecule is CC(C)c1cc2c3c(c1)N(c1cc(-c4cc5ccccc5o4)cc(-c4cc5ccccc5s4)c1)c1c(oc4ccc(C(C)(C)C)cc14)B3c1oc3ccc(C(C)(C)C)cc3c1N2c1cc(-c2cc3ccccc3o2)cc(-c2cc3ccccc3s2)c1. The summed E-state index contributed by atoms with van der Waals surface area (Å²) in [6.07, 6.45) is 0. The van der Waals surface area contributed by atoms with E-state index in [4.69, 9.17) is 17.7 Å². The molecule has 9 aromatic carbocycles. The van der Waals surface area contributed by atoms with Crippen molar-refractivity contribution in [1.29, 1.82) is 0 Å². The second-order valence-corrected chi connectivity index (χ2v) is 28.1. The van der Waals surface area contributed by atoms with Gasteiger partial charge >= 0.3 is 6.71 Å². The third-order valence-corrected chi connectivity index (χ3v) is 20.2. The first-order valence-electron chi connectivity index (χ1n) is 29.8. The molecule has 6 aromatic heterocycles. The highest BCUT2D eigenvalue weighted by Crippen LogP contribution is 2.53. The van der Waals surface area contributed by atoms with Gasteiger partial charge in [-0.05, 0) is 182 Å². The molecular weight excluding hydrogens is 1090 g/mol. The smallest absolute Gasteiger partial charge is 0.342 e. The molecule has 86 heavy (non-hydrogen) atoms. The molecule has 0 saturated heterocycles. The Hall–Kier alpha value is -9.28. The second-order valence-electron chi connectivity index (χ2n) is 25.9. The van der Waals surface area contributed by atoms with E-state index in [9.17, 15) is 0 Å². The largest absolute Gasteiger partial charge is 0.468 e. The molecule has 2 aliphatic heterocycles. The number of furan rings is 4. The first-order chi connectivity index (χ1) is 41.6. The second kappa shape index (κ2) is 18.6. The Morgan fingerprint density at radius 3 is 1.23 bits per heavy atom. The van der Waals surface area contributed by atoms with Gasteiger partial charge in [0.05, 0.1) is 11.4 Å². The molecule has 0 unspecified atom stereocenters. The van der Waals surface area contributed by atoms with Crippen LogP contribution in [0.3, 0.4) is 0 Å². The first kappa shape index (κ1) is 51.2. The minimum absolute atomic E-state index is 0.142. The highest BCUT2D eigenvalue weighted by atomic mass is 32.1. The molecular formula is C77H59BN2O4S2. The highest BCUT2D eigenvalue weighted by Gasteiger charge is 2.50. The Morgan fingerprint density at radius 2 is 0.814 bits per heavy atom. The van der Waals surface area contributed by atoms with Crippen LogP contribution in [0.1, 0.15) is 78.0 Å². The fourth-order valence-electron chi connectivity index (χ4n) is 13.3. The van der Waals surface area contributed by atoms with Crippen molar-refractivity contribution in [2.75, 3.05) is 9.80 Å². The van der Waals surface area contributed by atoms with Crippen molar-refractivity contribution in [3.63, 3.8) is 0 Å². The van der Waals surface area contributed by atoms with Gasteiger partial charge in [-0.3, -0.25) is 0 Å². The molecule has 0 saturated carbocycles. The number of rotatable bonds is 7. The van der Waals surface area contributed by atoms with E-state index in [1.165, 1.54) is 46.6 Å². The average Bonchev–Trinajstić information content (AvgIpc) is 1.39. The van der Waals surface area contributed by atoms with Crippen LogP contribution in [-0.4, -0.2) is 6.71 Å². The molecule has 0 amide bonds. The number of hydrogen-bond donors (Lipinski definition) is 0. The van der Waals surface area contributed by atoms with Crippen LogP contribution in [0, 0.1) is 0 Å². The van der Waals surface area contributed by atoms with Crippen LogP contribution >= 0.6 is 22.7 Å². The Labute approximate surface area is 507 Å². The Kier molecular flexibility index (Phi) is 11.1. The summed E-state index contributed by atoms with van der Waals surface area (Å²) in [5.41, 5.74) is 19.9. The van der Waals surface area contributed by atoms with Crippen molar-refractivity contribution in [3.8, 4) is 43.5 Å². The molecule has 0 fully saturated rings. The van der Waals surface area contributed by atoms with Crippen LogP contribution in [0.25, 0.3) is 108 Å². The molecule has 2 aliphatic rings. The lowest BCUT2D eigenvalue weighted by Crippen LogP contribution is -2.60. The molecule has 0 N–H and O–H groups in total. The number of nitrogens with zero attached hydrogens (tertiary/aromatic N) is 2. The third kappa shape index (κ3) is 8.04. The Bertz CT molecular complexity index is 4660. The summed E-state index contributed by atoms with van der Waals surface area (Å²) in [6.45, 7) is 18.0. The van der Waals surface area contributed by atoms with Crippen molar-refractivity contribution in [2.45, 2.75) is 72.1 Å². The van der Waals surface area contributed by atoms with Gasteiger partial charge in [0.25, 0.3) is 0 Å². The Balaban J connectivity index is 0.997. The van der Waals surface area contributed by atoms with Crippen molar-refractivity contribution in [1.82, 2.24) is 0 Å². The van der Waals surface area contributed by atoms with Crippen molar-refractivity contribution >= 4 is 144 Å². The maximum atomic E-state index is 7.58. The van der Waals surface area contributed by atoms with E-state index < -0.39 is 6.71 Å². The number of fused-ring (bicyclic) bond motifs is 12. The molecule has 0 aliphatic carbocycles. The normalized spacial score (nSPS) is 13.4. The van der Waals surface area contributed by atoms with Gasteiger partial charge in [-0.25, -0.2) is 0 Å². The summed E-state index contributed by atoms with van der Waals surface area (Å²) < 4.78 is 31.3. The number of thiophene rings is 2. The molecule has 0 radical (unpaired) electrons. The summed E-state index contributed by atoms with van der Waals surface area (Å²) in [5, 5.41) is 6.66. The minimum atomic E-state index is -0.434. The van der Waals surface area contributed by atoms with E-state index >= 15 is 0 Å². The number of para-hydroxylation sites is 2. The third-order valence-electron chi connectivity index (χ3n) is 17.9. The standard InChI is InChI=1S/C77H59BN2O4S2/c1-43(2)48-35-59-71-60(36-48)80(56-32-50(66-38-45-18-10-14-22-62(45)82-66)30-52(34-56)70-40-47-20-12-16-24-68(47)86-70)73-58-42-54(77(6,7)8)26-28-64(58)84-75(73)78(71)74-72(57-41-53(76(3,4)5)25-27-63(57)83-74)79(59)55-31-49(65-37-44-17-9-13-21-61(44)81-65)29-51(33-55)69-39-46-19-11-15-23-67(46)85-69/h9-43H,1-8H3. The van der Waals surface area contributed by atoms with E-state index in [1.54, 1.807) is 0 Å². The summed E-state index contributed by atoms with van der Waals surface area (Å²) in [4.78, 5) is 7.40. The lowest BCUT2D eigenvalue weighted by Gasteiger charge is -2.41. The van der Waals surface area contributed by atoms with Crippen LogP contribution in [0.15, 0.2) is 224 Å². The van der Waals surface area contributed by atoms with Gasteiger partial charge in [0.2, 0.25) is 0 Å². The summed E-state index contributed by atoms with van der Waals surface area (Å²) in [5.74, 6) is 1.76. The molecule has 8 heterocycles. The predicted molar refractivity (Wildman–Crippen MR) is 364 cm³/mol. The van der Waals surface area contributed by atoms with Gasteiger partial charge in [0.1, 0.15) is 45.2 Å². The van der Waals surface area contributed by atoms with E-state index in [2.05, 4.69) is 259 Å². The van der Waals surface area contributed by atoms with Crippen molar-refractivity contribution in [3.05, 3.63) is 223 Å². The quantitative estimate of drug-likeness (QED) is 0.148. The monoisotopic (exact) mass is 1150 g/mol. The predicted octanol–water partition coefficient (Wildman–Crippen LogP) is 21.6. The fourth-order valence-corrected chi connectivity index (χ4v) is 15.4.